The summed E-state index contributed by atoms with van der Waals surface area (Å²) in [5, 5.41) is 7.45. The van der Waals surface area contributed by atoms with E-state index >= 15 is 0 Å². The summed E-state index contributed by atoms with van der Waals surface area (Å²) in [7, 11) is 0. The van der Waals surface area contributed by atoms with Crippen molar-refractivity contribution in [3.63, 3.8) is 0 Å². The Balaban J connectivity index is 1.31. The van der Waals surface area contributed by atoms with Crippen molar-refractivity contribution in [3.8, 4) is 17.1 Å². The van der Waals surface area contributed by atoms with Crippen molar-refractivity contribution in [2.24, 2.45) is 0 Å². The monoisotopic (exact) mass is 393 g/mol. The molecule has 1 amide bonds. The number of anilines is 1. The molecule has 7 nitrogen and oxygen atoms in total. The summed E-state index contributed by atoms with van der Waals surface area (Å²) in [4.78, 5) is 20.5. The molecule has 28 heavy (non-hydrogen) atoms. The number of aryl methyl sites for hydroxylation is 1. The Hall–Kier alpha value is -3.45. The Morgan fingerprint density at radius 2 is 1.89 bits per heavy atom. The topological polar surface area (TPSA) is 85.8 Å². The number of amides is 1. The second-order valence-electron chi connectivity index (χ2n) is 6.08. The zero-order valence-corrected chi connectivity index (χ0v) is 15.5. The fraction of sp³-hybridized carbons (Fsp3) is 0.100. The highest BCUT2D eigenvalue weighted by Gasteiger charge is 2.11. The standard InChI is InChI=1S/C20H16ClN5O2/c21-15-3-1-14(2-4-15)20-24-19(28-25-20)10-9-18(27)23-16-5-7-17(8-6-16)26-12-11-22-13-26/h1-8,11-13H,9-10H2,(H,23,27). The van der Waals surface area contributed by atoms with Gasteiger partial charge in [0.1, 0.15) is 0 Å². The number of benzene rings is 2. The van der Waals surface area contributed by atoms with Gasteiger partial charge in [-0.1, -0.05) is 16.8 Å². The van der Waals surface area contributed by atoms with Crippen molar-refractivity contribution in [3.05, 3.63) is 78.2 Å². The lowest BCUT2D eigenvalue weighted by atomic mass is 10.2. The average Bonchev–Trinajstić information content (AvgIpc) is 3.40. The van der Waals surface area contributed by atoms with Gasteiger partial charge in [-0.2, -0.15) is 4.98 Å². The minimum atomic E-state index is -0.123. The van der Waals surface area contributed by atoms with Gasteiger partial charge in [-0.25, -0.2) is 4.98 Å². The van der Waals surface area contributed by atoms with E-state index in [9.17, 15) is 4.79 Å². The minimum Gasteiger partial charge on any atom is -0.339 e. The highest BCUT2D eigenvalue weighted by molar-refractivity contribution is 6.30. The Bertz CT molecular complexity index is 1060. The van der Waals surface area contributed by atoms with Crippen LogP contribution < -0.4 is 5.32 Å². The van der Waals surface area contributed by atoms with Gasteiger partial charge in [0.25, 0.3) is 0 Å². The summed E-state index contributed by atoms with van der Waals surface area (Å²) in [5.74, 6) is 0.763. The van der Waals surface area contributed by atoms with E-state index in [4.69, 9.17) is 16.1 Å². The summed E-state index contributed by atoms with van der Waals surface area (Å²) in [6, 6.07) is 14.7. The minimum absolute atomic E-state index is 0.123. The van der Waals surface area contributed by atoms with Crippen LogP contribution in [0.25, 0.3) is 17.1 Å². The van der Waals surface area contributed by atoms with Gasteiger partial charge in [0.2, 0.25) is 17.6 Å². The average molecular weight is 394 g/mol. The second-order valence-corrected chi connectivity index (χ2v) is 6.52. The van der Waals surface area contributed by atoms with Crippen LogP contribution in [0.15, 0.2) is 71.8 Å². The predicted octanol–water partition coefficient (Wildman–Crippen LogP) is 4.15. The van der Waals surface area contributed by atoms with E-state index in [2.05, 4.69) is 20.4 Å². The molecule has 2 heterocycles. The lowest BCUT2D eigenvalue weighted by Gasteiger charge is -2.06. The quantitative estimate of drug-likeness (QED) is 0.532. The lowest BCUT2D eigenvalue weighted by molar-refractivity contribution is -0.116. The normalized spacial score (nSPS) is 10.8. The van der Waals surface area contributed by atoms with E-state index in [1.165, 1.54) is 0 Å². The van der Waals surface area contributed by atoms with Crippen LogP contribution in [0.3, 0.4) is 0 Å². The van der Waals surface area contributed by atoms with E-state index in [0.717, 1.165) is 16.9 Å². The van der Waals surface area contributed by atoms with E-state index in [0.29, 0.717) is 23.2 Å². The maximum absolute atomic E-state index is 12.2. The summed E-state index contributed by atoms with van der Waals surface area (Å²) in [6.45, 7) is 0. The Labute approximate surface area is 166 Å². The summed E-state index contributed by atoms with van der Waals surface area (Å²) >= 11 is 5.88. The molecule has 140 valence electrons. The van der Waals surface area contributed by atoms with Gasteiger partial charge in [-0.15, -0.1) is 0 Å². The zero-order chi connectivity index (χ0) is 19.3. The molecule has 0 saturated heterocycles. The van der Waals surface area contributed by atoms with Gasteiger partial charge >= 0.3 is 0 Å². The Morgan fingerprint density at radius 3 is 2.61 bits per heavy atom. The van der Waals surface area contributed by atoms with Gasteiger partial charge < -0.3 is 14.4 Å². The third kappa shape index (κ3) is 4.27. The van der Waals surface area contributed by atoms with Crippen molar-refractivity contribution in [2.75, 3.05) is 5.32 Å². The van der Waals surface area contributed by atoms with Crippen LogP contribution >= 0.6 is 11.6 Å². The first-order chi connectivity index (χ1) is 13.7. The first-order valence-corrected chi connectivity index (χ1v) is 9.02. The number of carbonyl (C=O) groups is 1. The molecule has 0 fully saturated rings. The van der Waals surface area contributed by atoms with E-state index in [-0.39, 0.29) is 12.3 Å². The van der Waals surface area contributed by atoms with E-state index in [1.807, 2.05) is 47.2 Å². The molecule has 1 N–H and O–H groups in total. The third-order valence-corrected chi connectivity index (χ3v) is 4.34. The maximum atomic E-state index is 12.2. The van der Waals surface area contributed by atoms with Crippen LogP contribution in [-0.2, 0) is 11.2 Å². The van der Waals surface area contributed by atoms with Gasteiger partial charge in [-0.05, 0) is 48.5 Å². The number of nitrogens with one attached hydrogen (secondary N) is 1. The molecule has 0 radical (unpaired) electrons. The number of hydrogen-bond acceptors (Lipinski definition) is 5. The van der Waals surface area contributed by atoms with Crippen molar-refractivity contribution in [1.82, 2.24) is 19.7 Å². The van der Waals surface area contributed by atoms with E-state index < -0.39 is 0 Å². The van der Waals surface area contributed by atoms with Crippen molar-refractivity contribution >= 4 is 23.2 Å². The molecule has 8 heteroatoms. The first kappa shape index (κ1) is 17.9. The molecule has 4 rings (SSSR count). The highest BCUT2D eigenvalue weighted by Crippen LogP contribution is 2.19. The first-order valence-electron chi connectivity index (χ1n) is 8.64. The maximum Gasteiger partial charge on any atom is 0.227 e. The van der Waals surface area contributed by atoms with Crippen molar-refractivity contribution < 1.29 is 9.32 Å². The molecule has 2 aromatic heterocycles. The molecule has 0 aliphatic rings. The molecule has 0 unspecified atom stereocenters. The second kappa shape index (κ2) is 8.06. The van der Waals surface area contributed by atoms with Crippen LogP contribution in [0.1, 0.15) is 12.3 Å². The fourth-order valence-corrected chi connectivity index (χ4v) is 2.77. The number of nitrogens with zero attached hydrogens (tertiary/aromatic N) is 4. The summed E-state index contributed by atoms with van der Waals surface area (Å²) in [6.07, 6.45) is 5.89. The molecule has 0 aliphatic carbocycles. The lowest BCUT2D eigenvalue weighted by Crippen LogP contribution is -2.12. The number of rotatable bonds is 6. The highest BCUT2D eigenvalue weighted by atomic mass is 35.5. The number of carbonyl (C=O) groups excluding carboxylic acids is 1. The van der Waals surface area contributed by atoms with Crippen LogP contribution in [0, 0.1) is 0 Å². The van der Waals surface area contributed by atoms with Crippen molar-refractivity contribution in [1.29, 1.82) is 0 Å². The smallest absolute Gasteiger partial charge is 0.227 e. The van der Waals surface area contributed by atoms with Gasteiger partial charge in [0, 0.05) is 47.2 Å². The molecule has 0 saturated carbocycles. The summed E-state index contributed by atoms with van der Waals surface area (Å²) in [5.41, 5.74) is 2.50. The Morgan fingerprint density at radius 1 is 1.11 bits per heavy atom. The molecule has 0 bridgehead atoms. The van der Waals surface area contributed by atoms with Gasteiger partial charge in [0.15, 0.2) is 0 Å². The molecular weight excluding hydrogens is 378 g/mol. The number of imidazole rings is 1. The molecule has 4 aromatic rings. The number of halogens is 1. The number of aromatic nitrogens is 4. The van der Waals surface area contributed by atoms with Crippen LogP contribution in [-0.4, -0.2) is 25.6 Å². The zero-order valence-electron chi connectivity index (χ0n) is 14.7. The van der Waals surface area contributed by atoms with Gasteiger partial charge in [0.05, 0.1) is 6.33 Å². The van der Waals surface area contributed by atoms with Crippen LogP contribution in [0.2, 0.25) is 5.02 Å². The third-order valence-electron chi connectivity index (χ3n) is 4.09. The Kier molecular flexibility index (Phi) is 5.16. The molecule has 2 aromatic carbocycles. The van der Waals surface area contributed by atoms with Crippen LogP contribution in [0.4, 0.5) is 5.69 Å². The SMILES string of the molecule is O=C(CCc1nc(-c2ccc(Cl)cc2)no1)Nc1ccc(-n2ccnc2)cc1. The predicted molar refractivity (Wildman–Crippen MR) is 105 cm³/mol. The molecule has 0 spiro atoms. The van der Waals surface area contributed by atoms with E-state index in [1.54, 1.807) is 24.7 Å². The largest absolute Gasteiger partial charge is 0.339 e. The van der Waals surface area contributed by atoms with Crippen LogP contribution in [0.5, 0.6) is 0 Å². The summed E-state index contributed by atoms with van der Waals surface area (Å²) < 4.78 is 7.11. The van der Waals surface area contributed by atoms with Crippen molar-refractivity contribution in [2.45, 2.75) is 12.8 Å². The van der Waals surface area contributed by atoms with Gasteiger partial charge in [-0.3, -0.25) is 4.79 Å². The fourth-order valence-electron chi connectivity index (χ4n) is 2.65. The number of hydrogen-bond donors (Lipinski definition) is 1. The molecular formula is C20H16ClN5O2. The molecule has 0 atom stereocenters. The molecule has 0 aliphatic heterocycles.